The summed E-state index contributed by atoms with van der Waals surface area (Å²) in [6.07, 6.45) is 2.96. The third-order valence-corrected chi connectivity index (χ3v) is 2.79. The Kier molecular flexibility index (Phi) is 5.03. The van der Waals surface area contributed by atoms with E-state index in [1.165, 1.54) is 5.69 Å². The van der Waals surface area contributed by atoms with Crippen LogP contribution in [-0.4, -0.2) is 14.9 Å². The monoisotopic (exact) mass is 238 g/mol. The van der Waals surface area contributed by atoms with Gasteiger partial charge in [0.15, 0.2) is 0 Å². The average molecular weight is 238 g/mol. The Hall–Kier alpha value is -0.990. The Labute approximate surface area is 105 Å². The van der Waals surface area contributed by atoms with Gasteiger partial charge in [0.1, 0.15) is 0 Å². The van der Waals surface area contributed by atoms with Crippen LogP contribution in [0.15, 0.2) is 0 Å². The van der Waals surface area contributed by atoms with E-state index >= 15 is 0 Å². The van der Waals surface area contributed by atoms with E-state index in [0.29, 0.717) is 11.8 Å². The van der Waals surface area contributed by atoms with E-state index in [0.717, 1.165) is 31.4 Å². The van der Waals surface area contributed by atoms with Crippen molar-refractivity contribution in [2.75, 3.05) is 0 Å². The van der Waals surface area contributed by atoms with Crippen molar-refractivity contribution < 1.29 is 5.11 Å². The molecule has 0 aliphatic rings. The van der Waals surface area contributed by atoms with Crippen molar-refractivity contribution in [3.63, 3.8) is 0 Å². The van der Waals surface area contributed by atoms with Crippen molar-refractivity contribution in [2.45, 2.75) is 60.4 Å². The van der Waals surface area contributed by atoms with Crippen LogP contribution in [0, 0.1) is 11.8 Å². The van der Waals surface area contributed by atoms with Crippen LogP contribution in [0.25, 0.3) is 0 Å². The molecule has 17 heavy (non-hydrogen) atoms. The summed E-state index contributed by atoms with van der Waals surface area (Å²) >= 11 is 0. The minimum absolute atomic E-state index is 0.239. The largest absolute Gasteiger partial charge is 0.492 e. The molecule has 1 heterocycles. The molecule has 1 N–H and O–H groups in total. The summed E-state index contributed by atoms with van der Waals surface area (Å²) in [5.41, 5.74) is 2.29. The first-order valence-electron chi connectivity index (χ1n) is 6.73. The molecule has 1 rings (SSSR count). The predicted octanol–water partition coefficient (Wildman–Crippen LogP) is 3.40. The van der Waals surface area contributed by atoms with Gasteiger partial charge in [0.25, 0.3) is 0 Å². The lowest BCUT2D eigenvalue weighted by atomic mass is 9.98. The number of aromatic nitrogens is 2. The predicted molar refractivity (Wildman–Crippen MR) is 71.3 cm³/mol. The first-order valence-corrected chi connectivity index (χ1v) is 6.73. The molecular weight excluding hydrogens is 212 g/mol. The Balaban J connectivity index is 3.06. The summed E-state index contributed by atoms with van der Waals surface area (Å²) in [5.74, 6) is 1.38. The van der Waals surface area contributed by atoms with Gasteiger partial charge in [-0.2, -0.15) is 0 Å². The maximum atomic E-state index is 9.97. The number of aryl methyl sites for hydroxylation is 1. The molecule has 98 valence electrons. The van der Waals surface area contributed by atoms with Gasteiger partial charge in [-0.3, -0.25) is 4.68 Å². The molecule has 0 fully saturated rings. The molecule has 3 nitrogen and oxygen atoms in total. The summed E-state index contributed by atoms with van der Waals surface area (Å²) in [5, 5.41) is 14.2. The molecule has 0 aliphatic carbocycles. The molecule has 0 saturated carbocycles. The lowest BCUT2D eigenvalue weighted by molar-refractivity contribution is 0.428. The van der Waals surface area contributed by atoms with E-state index < -0.39 is 0 Å². The Morgan fingerprint density at radius 2 is 1.71 bits per heavy atom. The van der Waals surface area contributed by atoms with E-state index in [4.69, 9.17) is 0 Å². The number of hydrogen-bond donors (Lipinski definition) is 1. The molecule has 1 aromatic rings. The molecule has 0 radical (unpaired) electrons. The van der Waals surface area contributed by atoms with Crippen molar-refractivity contribution in [3.8, 4) is 5.88 Å². The van der Waals surface area contributed by atoms with Crippen LogP contribution in [0.2, 0.25) is 0 Å². The molecule has 0 bridgehead atoms. The van der Waals surface area contributed by atoms with Crippen LogP contribution in [0.5, 0.6) is 5.88 Å². The highest BCUT2D eigenvalue weighted by Gasteiger charge is 2.18. The molecule has 0 aliphatic heterocycles. The molecule has 0 amide bonds. The van der Waals surface area contributed by atoms with Gasteiger partial charge in [0, 0.05) is 17.8 Å². The zero-order valence-electron chi connectivity index (χ0n) is 11.8. The van der Waals surface area contributed by atoms with Crippen molar-refractivity contribution >= 4 is 0 Å². The SMILES string of the molecule is CCCn1nc(O)c(CC(C)C)c1CC(C)C. The third-order valence-electron chi connectivity index (χ3n) is 2.79. The van der Waals surface area contributed by atoms with E-state index in [1.54, 1.807) is 0 Å². The molecule has 3 heteroatoms. The molecule has 0 saturated heterocycles. The zero-order valence-corrected chi connectivity index (χ0v) is 11.8. The normalized spacial score (nSPS) is 11.7. The maximum absolute atomic E-state index is 9.97. The van der Waals surface area contributed by atoms with Crippen molar-refractivity contribution in [2.24, 2.45) is 11.8 Å². The summed E-state index contributed by atoms with van der Waals surface area (Å²) in [6.45, 7) is 11.8. The van der Waals surface area contributed by atoms with Crippen LogP contribution in [-0.2, 0) is 19.4 Å². The summed E-state index contributed by atoms with van der Waals surface area (Å²) in [7, 11) is 0. The number of nitrogens with zero attached hydrogens (tertiary/aromatic N) is 2. The van der Waals surface area contributed by atoms with Crippen molar-refractivity contribution in [1.82, 2.24) is 9.78 Å². The second-order valence-electron chi connectivity index (χ2n) is 5.67. The van der Waals surface area contributed by atoms with Crippen LogP contribution in [0.3, 0.4) is 0 Å². The molecule has 0 unspecified atom stereocenters. The lowest BCUT2D eigenvalue weighted by Crippen LogP contribution is -2.09. The molecule has 0 atom stereocenters. The molecular formula is C14H26N2O. The van der Waals surface area contributed by atoms with E-state index in [-0.39, 0.29) is 5.88 Å². The third kappa shape index (κ3) is 3.76. The fraction of sp³-hybridized carbons (Fsp3) is 0.786. The first-order chi connectivity index (χ1) is 7.95. The minimum atomic E-state index is 0.239. The van der Waals surface area contributed by atoms with Crippen LogP contribution < -0.4 is 0 Å². The van der Waals surface area contributed by atoms with Gasteiger partial charge in [-0.25, -0.2) is 0 Å². The van der Waals surface area contributed by atoms with E-state index in [2.05, 4.69) is 39.7 Å². The van der Waals surface area contributed by atoms with Crippen LogP contribution >= 0.6 is 0 Å². The smallest absolute Gasteiger partial charge is 0.233 e. The number of rotatable bonds is 6. The minimum Gasteiger partial charge on any atom is -0.492 e. The highest BCUT2D eigenvalue weighted by Crippen LogP contribution is 2.26. The molecule has 0 spiro atoms. The Morgan fingerprint density at radius 3 is 2.18 bits per heavy atom. The van der Waals surface area contributed by atoms with Gasteiger partial charge in [0.2, 0.25) is 5.88 Å². The standard InChI is InChI=1S/C14H26N2O/c1-6-7-16-13(9-11(4)5)12(8-10(2)3)14(17)15-16/h10-11H,6-9H2,1-5H3,(H,15,17). The van der Waals surface area contributed by atoms with E-state index in [9.17, 15) is 5.11 Å². The highest BCUT2D eigenvalue weighted by molar-refractivity contribution is 5.31. The fourth-order valence-electron chi connectivity index (χ4n) is 2.15. The zero-order chi connectivity index (χ0) is 13.0. The number of aromatic hydroxyl groups is 1. The van der Waals surface area contributed by atoms with E-state index in [1.807, 2.05) is 4.68 Å². The summed E-state index contributed by atoms with van der Waals surface area (Å²) in [4.78, 5) is 0. The quantitative estimate of drug-likeness (QED) is 0.825. The molecule has 0 aromatic carbocycles. The maximum Gasteiger partial charge on any atom is 0.233 e. The average Bonchev–Trinajstić information content (AvgIpc) is 2.45. The van der Waals surface area contributed by atoms with Crippen molar-refractivity contribution in [3.05, 3.63) is 11.3 Å². The van der Waals surface area contributed by atoms with Gasteiger partial charge in [-0.15, -0.1) is 5.10 Å². The van der Waals surface area contributed by atoms with Gasteiger partial charge < -0.3 is 5.11 Å². The Bertz CT molecular complexity index is 353. The second-order valence-corrected chi connectivity index (χ2v) is 5.67. The van der Waals surface area contributed by atoms with Crippen molar-refractivity contribution in [1.29, 1.82) is 0 Å². The summed E-state index contributed by atoms with van der Waals surface area (Å²) < 4.78 is 1.99. The second kappa shape index (κ2) is 6.08. The van der Waals surface area contributed by atoms with Gasteiger partial charge in [-0.05, 0) is 31.1 Å². The van der Waals surface area contributed by atoms with Gasteiger partial charge >= 0.3 is 0 Å². The Morgan fingerprint density at radius 1 is 1.12 bits per heavy atom. The number of hydrogen-bond acceptors (Lipinski definition) is 2. The molecule has 1 aromatic heterocycles. The summed E-state index contributed by atoms with van der Waals surface area (Å²) in [6, 6.07) is 0. The lowest BCUT2D eigenvalue weighted by Gasteiger charge is -2.12. The topological polar surface area (TPSA) is 38.0 Å². The van der Waals surface area contributed by atoms with Gasteiger partial charge in [0.05, 0.1) is 0 Å². The van der Waals surface area contributed by atoms with Gasteiger partial charge in [-0.1, -0.05) is 34.6 Å². The first kappa shape index (κ1) is 14.1. The highest BCUT2D eigenvalue weighted by atomic mass is 16.3. The van der Waals surface area contributed by atoms with Crippen LogP contribution in [0.4, 0.5) is 0 Å². The fourth-order valence-corrected chi connectivity index (χ4v) is 2.15. The van der Waals surface area contributed by atoms with Crippen LogP contribution in [0.1, 0.15) is 52.3 Å².